The van der Waals surface area contributed by atoms with Gasteiger partial charge in [-0.2, -0.15) is 0 Å². The number of benzene rings is 1. The Bertz CT molecular complexity index is 266. The lowest BCUT2D eigenvalue weighted by Gasteiger charge is -2.13. The number of unbranched alkanes of at least 4 members (excludes halogenated alkanes) is 1. The van der Waals surface area contributed by atoms with Crippen LogP contribution in [-0.2, 0) is 11.3 Å². The summed E-state index contributed by atoms with van der Waals surface area (Å²) in [6, 6.07) is 10.3. The van der Waals surface area contributed by atoms with Crippen molar-refractivity contribution in [2.75, 3.05) is 0 Å². The molecule has 1 aromatic rings. The van der Waals surface area contributed by atoms with Gasteiger partial charge in [0.05, 0.1) is 12.7 Å². The lowest BCUT2D eigenvalue weighted by Crippen LogP contribution is -2.09. The Hall–Kier alpha value is -1.08. The smallest absolute Gasteiger partial charge is 0.0757 e. The van der Waals surface area contributed by atoms with E-state index in [1.807, 2.05) is 24.3 Å². The average molecular weight is 204 g/mol. The van der Waals surface area contributed by atoms with E-state index < -0.39 is 0 Å². The standard InChI is InChI=1S/C14H20O/c1-3-5-11-14(4-2)15-12-13-9-7-6-8-10-13/h4,6-10,14H,2-3,5,11-12H2,1H3. The number of hydrogen-bond donors (Lipinski definition) is 0. The Morgan fingerprint density at radius 1 is 1.33 bits per heavy atom. The van der Waals surface area contributed by atoms with Crippen molar-refractivity contribution in [2.45, 2.75) is 38.9 Å². The van der Waals surface area contributed by atoms with Gasteiger partial charge in [0.2, 0.25) is 0 Å². The highest BCUT2D eigenvalue weighted by Crippen LogP contribution is 2.09. The van der Waals surface area contributed by atoms with Gasteiger partial charge in [-0.3, -0.25) is 0 Å². The van der Waals surface area contributed by atoms with E-state index >= 15 is 0 Å². The predicted molar refractivity (Wildman–Crippen MR) is 64.7 cm³/mol. The van der Waals surface area contributed by atoms with Crippen molar-refractivity contribution in [1.29, 1.82) is 0 Å². The fourth-order valence-corrected chi connectivity index (χ4v) is 1.45. The van der Waals surface area contributed by atoms with Crippen molar-refractivity contribution >= 4 is 0 Å². The minimum absolute atomic E-state index is 0.199. The maximum absolute atomic E-state index is 5.76. The summed E-state index contributed by atoms with van der Waals surface area (Å²) in [5.74, 6) is 0. The molecule has 0 amide bonds. The van der Waals surface area contributed by atoms with Crippen LogP contribution in [0.25, 0.3) is 0 Å². The maximum atomic E-state index is 5.76. The Balaban J connectivity index is 2.31. The van der Waals surface area contributed by atoms with E-state index in [1.54, 1.807) is 0 Å². The summed E-state index contributed by atoms with van der Waals surface area (Å²) < 4.78 is 5.76. The van der Waals surface area contributed by atoms with Crippen LogP contribution < -0.4 is 0 Å². The van der Waals surface area contributed by atoms with Crippen LogP contribution in [0.4, 0.5) is 0 Å². The van der Waals surface area contributed by atoms with Crippen LogP contribution in [0.5, 0.6) is 0 Å². The SMILES string of the molecule is C=CC(CCCC)OCc1ccccc1. The molecule has 1 unspecified atom stereocenters. The maximum Gasteiger partial charge on any atom is 0.0757 e. The van der Waals surface area contributed by atoms with Crippen molar-refractivity contribution in [3.63, 3.8) is 0 Å². The first-order valence-corrected chi connectivity index (χ1v) is 5.65. The fourth-order valence-electron chi connectivity index (χ4n) is 1.45. The van der Waals surface area contributed by atoms with E-state index in [4.69, 9.17) is 4.74 Å². The zero-order valence-electron chi connectivity index (χ0n) is 9.49. The van der Waals surface area contributed by atoms with E-state index in [2.05, 4.69) is 25.6 Å². The van der Waals surface area contributed by atoms with Gasteiger partial charge in [-0.1, -0.05) is 56.2 Å². The third-order valence-electron chi connectivity index (χ3n) is 2.41. The molecule has 0 spiro atoms. The van der Waals surface area contributed by atoms with Crippen LogP contribution in [0.2, 0.25) is 0 Å². The molecule has 0 N–H and O–H groups in total. The Kier molecular flexibility index (Phi) is 5.79. The van der Waals surface area contributed by atoms with Crippen molar-refractivity contribution in [3.8, 4) is 0 Å². The van der Waals surface area contributed by atoms with Gasteiger partial charge < -0.3 is 4.74 Å². The molecule has 0 aliphatic rings. The van der Waals surface area contributed by atoms with Gasteiger partial charge in [0.25, 0.3) is 0 Å². The molecule has 0 aliphatic carbocycles. The first-order chi connectivity index (χ1) is 7.36. The normalized spacial score (nSPS) is 12.3. The van der Waals surface area contributed by atoms with Gasteiger partial charge >= 0.3 is 0 Å². The molecule has 15 heavy (non-hydrogen) atoms. The third kappa shape index (κ3) is 4.80. The summed E-state index contributed by atoms with van der Waals surface area (Å²) in [7, 11) is 0. The summed E-state index contributed by atoms with van der Waals surface area (Å²) in [6.45, 7) is 6.67. The Labute approximate surface area is 92.8 Å². The molecule has 0 aliphatic heterocycles. The first kappa shape index (κ1) is 12.0. The highest BCUT2D eigenvalue weighted by atomic mass is 16.5. The second kappa shape index (κ2) is 7.24. The van der Waals surface area contributed by atoms with E-state index in [1.165, 1.54) is 18.4 Å². The monoisotopic (exact) mass is 204 g/mol. The minimum Gasteiger partial charge on any atom is -0.369 e. The predicted octanol–water partition coefficient (Wildman–Crippen LogP) is 3.95. The van der Waals surface area contributed by atoms with Crippen molar-refractivity contribution in [2.24, 2.45) is 0 Å². The number of rotatable bonds is 7. The van der Waals surface area contributed by atoms with Gasteiger partial charge in [0.15, 0.2) is 0 Å². The second-order valence-electron chi connectivity index (χ2n) is 3.71. The van der Waals surface area contributed by atoms with Gasteiger partial charge in [0, 0.05) is 0 Å². The molecular weight excluding hydrogens is 184 g/mol. The van der Waals surface area contributed by atoms with Crippen molar-refractivity contribution in [3.05, 3.63) is 48.6 Å². The summed E-state index contributed by atoms with van der Waals surface area (Å²) in [4.78, 5) is 0. The molecular formula is C14H20O. The summed E-state index contributed by atoms with van der Waals surface area (Å²) in [5.41, 5.74) is 1.22. The van der Waals surface area contributed by atoms with Crippen LogP contribution in [0.15, 0.2) is 43.0 Å². The molecule has 0 fully saturated rings. The zero-order chi connectivity index (χ0) is 10.9. The number of ether oxygens (including phenoxy) is 1. The van der Waals surface area contributed by atoms with E-state index in [0.29, 0.717) is 6.61 Å². The lowest BCUT2D eigenvalue weighted by atomic mass is 10.1. The first-order valence-electron chi connectivity index (χ1n) is 5.65. The molecule has 0 aromatic heterocycles. The molecule has 0 saturated carbocycles. The van der Waals surface area contributed by atoms with E-state index in [0.717, 1.165) is 6.42 Å². The molecule has 0 heterocycles. The van der Waals surface area contributed by atoms with Gasteiger partial charge in [-0.25, -0.2) is 0 Å². The quantitative estimate of drug-likeness (QED) is 0.611. The highest BCUT2D eigenvalue weighted by Gasteiger charge is 2.03. The Morgan fingerprint density at radius 2 is 2.07 bits per heavy atom. The molecule has 1 atom stereocenters. The molecule has 82 valence electrons. The van der Waals surface area contributed by atoms with E-state index in [-0.39, 0.29) is 6.10 Å². The minimum atomic E-state index is 0.199. The molecule has 1 heteroatoms. The summed E-state index contributed by atoms with van der Waals surface area (Å²) in [6.07, 6.45) is 5.58. The average Bonchev–Trinajstić information content (AvgIpc) is 2.31. The number of hydrogen-bond acceptors (Lipinski definition) is 1. The van der Waals surface area contributed by atoms with Crippen LogP contribution in [0.1, 0.15) is 31.7 Å². The van der Waals surface area contributed by atoms with Crippen molar-refractivity contribution in [1.82, 2.24) is 0 Å². The van der Waals surface area contributed by atoms with Crippen LogP contribution >= 0.6 is 0 Å². The molecule has 1 rings (SSSR count). The van der Waals surface area contributed by atoms with Gasteiger partial charge in [0.1, 0.15) is 0 Å². The largest absolute Gasteiger partial charge is 0.369 e. The topological polar surface area (TPSA) is 9.23 Å². The van der Waals surface area contributed by atoms with Gasteiger partial charge in [-0.05, 0) is 12.0 Å². The summed E-state index contributed by atoms with van der Waals surface area (Å²) in [5, 5.41) is 0. The zero-order valence-corrected chi connectivity index (χ0v) is 9.49. The third-order valence-corrected chi connectivity index (χ3v) is 2.41. The molecule has 0 radical (unpaired) electrons. The van der Waals surface area contributed by atoms with Gasteiger partial charge in [-0.15, -0.1) is 6.58 Å². The second-order valence-corrected chi connectivity index (χ2v) is 3.71. The van der Waals surface area contributed by atoms with E-state index in [9.17, 15) is 0 Å². The van der Waals surface area contributed by atoms with Crippen molar-refractivity contribution < 1.29 is 4.74 Å². The fraction of sp³-hybridized carbons (Fsp3) is 0.429. The molecule has 0 bridgehead atoms. The molecule has 1 nitrogen and oxygen atoms in total. The molecule has 0 saturated heterocycles. The van der Waals surface area contributed by atoms with Crippen LogP contribution in [0, 0.1) is 0 Å². The Morgan fingerprint density at radius 3 is 2.67 bits per heavy atom. The lowest BCUT2D eigenvalue weighted by molar-refractivity contribution is 0.0653. The summed E-state index contributed by atoms with van der Waals surface area (Å²) >= 11 is 0. The highest BCUT2D eigenvalue weighted by molar-refractivity contribution is 5.13. The van der Waals surface area contributed by atoms with Crippen LogP contribution in [-0.4, -0.2) is 6.10 Å². The van der Waals surface area contributed by atoms with Crippen LogP contribution in [0.3, 0.4) is 0 Å². The molecule has 1 aromatic carbocycles.